The molecule has 0 aromatic carbocycles. The molecule has 0 radical (unpaired) electrons. The van der Waals surface area contributed by atoms with Crippen molar-refractivity contribution in [3.8, 4) is 0 Å². The Balaban J connectivity index is 2.04. The standard InChI is InChI=1S/C13H18N6O2/c1-9-8-15-13(16-12(9)18(2)3)14-6-7-19-11(21)5-4-10(20)17-19/h4-5,8H,6-7H2,1-3H3,(H,17,20)(H,14,15,16). The monoisotopic (exact) mass is 290 g/mol. The number of hydrogen-bond donors (Lipinski definition) is 2. The molecule has 0 fully saturated rings. The van der Waals surface area contributed by atoms with Crippen LogP contribution >= 0.6 is 0 Å². The maximum Gasteiger partial charge on any atom is 0.265 e. The Kier molecular flexibility index (Phi) is 4.36. The smallest absolute Gasteiger partial charge is 0.265 e. The number of aromatic amines is 1. The van der Waals surface area contributed by atoms with Crippen LogP contribution in [-0.2, 0) is 6.54 Å². The average Bonchev–Trinajstić information content (AvgIpc) is 2.44. The van der Waals surface area contributed by atoms with Crippen molar-refractivity contribution in [2.24, 2.45) is 0 Å². The predicted molar refractivity (Wildman–Crippen MR) is 80.9 cm³/mol. The summed E-state index contributed by atoms with van der Waals surface area (Å²) in [4.78, 5) is 33.2. The average molecular weight is 290 g/mol. The fourth-order valence-electron chi connectivity index (χ4n) is 1.88. The lowest BCUT2D eigenvalue weighted by atomic mass is 10.3. The molecule has 112 valence electrons. The van der Waals surface area contributed by atoms with Crippen LogP contribution in [0.25, 0.3) is 0 Å². The van der Waals surface area contributed by atoms with Crippen molar-refractivity contribution in [1.82, 2.24) is 19.7 Å². The molecule has 0 spiro atoms. The fraction of sp³-hybridized carbons (Fsp3) is 0.385. The van der Waals surface area contributed by atoms with Gasteiger partial charge in [-0.1, -0.05) is 0 Å². The van der Waals surface area contributed by atoms with Crippen molar-refractivity contribution in [3.05, 3.63) is 44.6 Å². The molecule has 0 bridgehead atoms. The van der Waals surface area contributed by atoms with Gasteiger partial charge in [0.15, 0.2) is 0 Å². The number of aryl methyl sites for hydroxylation is 1. The van der Waals surface area contributed by atoms with E-state index in [0.717, 1.165) is 11.4 Å². The van der Waals surface area contributed by atoms with Gasteiger partial charge < -0.3 is 10.2 Å². The normalized spacial score (nSPS) is 10.4. The van der Waals surface area contributed by atoms with Gasteiger partial charge in [0.25, 0.3) is 11.1 Å². The Bertz CT molecular complexity index is 734. The summed E-state index contributed by atoms with van der Waals surface area (Å²) in [6, 6.07) is 2.45. The Morgan fingerprint density at radius 3 is 2.81 bits per heavy atom. The summed E-state index contributed by atoms with van der Waals surface area (Å²) < 4.78 is 1.25. The van der Waals surface area contributed by atoms with Crippen molar-refractivity contribution >= 4 is 11.8 Å². The summed E-state index contributed by atoms with van der Waals surface area (Å²) in [6.45, 7) is 2.69. The van der Waals surface area contributed by atoms with Crippen LogP contribution in [0.2, 0.25) is 0 Å². The molecule has 2 N–H and O–H groups in total. The summed E-state index contributed by atoms with van der Waals surface area (Å²) in [5.74, 6) is 1.31. The first-order valence-corrected chi connectivity index (χ1v) is 6.52. The van der Waals surface area contributed by atoms with Gasteiger partial charge in [0, 0.05) is 44.5 Å². The van der Waals surface area contributed by atoms with E-state index in [1.165, 1.54) is 16.8 Å². The van der Waals surface area contributed by atoms with E-state index in [-0.39, 0.29) is 11.1 Å². The maximum absolute atomic E-state index is 11.5. The van der Waals surface area contributed by atoms with Gasteiger partial charge >= 0.3 is 0 Å². The van der Waals surface area contributed by atoms with Crippen LogP contribution in [0.1, 0.15) is 5.56 Å². The Morgan fingerprint density at radius 2 is 2.10 bits per heavy atom. The third-order valence-corrected chi connectivity index (χ3v) is 2.88. The van der Waals surface area contributed by atoms with E-state index in [4.69, 9.17) is 0 Å². The minimum atomic E-state index is -0.309. The molecule has 2 heterocycles. The van der Waals surface area contributed by atoms with E-state index < -0.39 is 0 Å². The highest BCUT2D eigenvalue weighted by atomic mass is 16.1. The lowest BCUT2D eigenvalue weighted by Crippen LogP contribution is -2.30. The van der Waals surface area contributed by atoms with E-state index in [1.54, 1.807) is 6.20 Å². The van der Waals surface area contributed by atoms with Crippen LogP contribution < -0.4 is 21.3 Å². The minimum absolute atomic E-state index is 0.254. The third-order valence-electron chi connectivity index (χ3n) is 2.88. The van der Waals surface area contributed by atoms with E-state index in [2.05, 4.69) is 20.4 Å². The van der Waals surface area contributed by atoms with E-state index in [9.17, 15) is 9.59 Å². The molecular weight excluding hydrogens is 272 g/mol. The molecule has 8 heteroatoms. The zero-order valence-electron chi connectivity index (χ0n) is 12.3. The second-order valence-electron chi connectivity index (χ2n) is 4.82. The van der Waals surface area contributed by atoms with Crippen molar-refractivity contribution in [1.29, 1.82) is 0 Å². The van der Waals surface area contributed by atoms with Crippen LogP contribution in [-0.4, -0.2) is 40.4 Å². The first-order valence-electron chi connectivity index (χ1n) is 6.52. The quantitative estimate of drug-likeness (QED) is 0.792. The maximum atomic E-state index is 11.5. The first-order chi connectivity index (χ1) is 9.97. The van der Waals surface area contributed by atoms with Crippen molar-refractivity contribution < 1.29 is 0 Å². The van der Waals surface area contributed by atoms with Gasteiger partial charge in [-0.3, -0.25) is 14.7 Å². The molecule has 0 saturated heterocycles. The van der Waals surface area contributed by atoms with Crippen LogP contribution in [0.4, 0.5) is 11.8 Å². The Morgan fingerprint density at radius 1 is 1.33 bits per heavy atom. The summed E-state index contributed by atoms with van der Waals surface area (Å²) in [6.07, 6.45) is 1.74. The lowest BCUT2D eigenvalue weighted by molar-refractivity contribution is 0.587. The van der Waals surface area contributed by atoms with Crippen molar-refractivity contribution in [3.63, 3.8) is 0 Å². The molecule has 0 atom stereocenters. The van der Waals surface area contributed by atoms with Gasteiger partial charge in [0.2, 0.25) is 5.95 Å². The van der Waals surface area contributed by atoms with Gasteiger partial charge in [-0.05, 0) is 6.92 Å². The first kappa shape index (κ1) is 14.8. The minimum Gasteiger partial charge on any atom is -0.362 e. The lowest BCUT2D eigenvalue weighted by Gasteiger charge is -2.15. The molecule has 8 nitrogen and oxygen atoms in total. The van der Waals surface area contributed by atoms with Crippen LogP contribution in [0.15, 0.2) is 27.9 Å². The molecule has 21 heavy (non-hydrogen) atoms. The second-order valence-corrected chi connectivity index (χ2v) is 4.82. The van der Waals surface area contributed by atoms with E-state index in [1.807, 2.05) is 25.9 Å². The van der Waals surface area contributed by atoms with E-state index >= 15 is 0 Å². The highest BCUT2D eigenvalue weighted by Crippen LogP contribution is 2.14. The van der Waals surface area contributed by atoms with Crippen LogP contribution in [0, 0.1) is 6.92 Å². The molecule has 0 unspecified atom stereocenters. The number of nitrogens with zero attached hydrogens (tertiary/aromatic N) is 4. The Hall–Kier alpha value is -2.64. The highest BCUT2D eigenvalue weighted by molar-refractivity contribution is 5.47. The topological polar surface area (TPSA) is 95.9 Å². The zero-order chi connectivity index (χ0) is 15.4. The predicted octanol–water partition coefficient (Wildman–Crippen LogP) is -0.187. The molecule has 2 aromatic rings. The second kappa shape index (κ2) is 6.21. The molecule has 2 rings (SSSR count). The largest absolute Gasteiger partial charge is 0.362 e. The molecule has 0 amide bonds. The van der Waals surface area contributed by atoms with E-state index in [0.29, 0.717) is 19.0 Å². The van der Waals surface area contributed by atoms with Crippen molar-refractivity contribution in [2.45, 2.75) is 13.5 Å². The fourth-order valence-corrected chi connectivity index (χ4v) is 1.88. The van der Waals surface area contributed by atoms with Crippen LogP contribution in [0.3, 0.4) is 0 Å². The number of H-pyrrole nitrogens is 1. The van der Waals surface area contributed by atoms with Crippen LogP contribution in [0.5, 0.6) is 0 Å². The summed E-state index contributed by atoms with van der Waals surface area (Å²) >= 11 is 0. The third kappa shape index (κ3) is 3.68. The Labute approximate surface area is 121 Å². The zero-order valence-corrected chi connectivity index (χ0v) is 12.3. The molecule has 0 aliphatic carbocycles. The molecular formula is C13H18N6O2. The molecule has 0 aliphatic heterocycles. The molecule has 0 saturated carbocycles. The van der Waals surface area contributed by atoms with Gasteiger partial charge in [-0.2, -0.15) is 4.98 Å². The summed E-state index contributed by atoms with van der Waals surface area (Å²) in [7, 11) is 3.82. The van der Waals surface area contributed by atoms with Gasteiger partial charge in [-0.25, -0.2) is 9.67 Å². The molecule has 0 aliphatic rings. The summed E-state index contributed by atoms with van der Waals surface area (Å²) in [5, 5.41) is 5.49. The highest BCUT2D eigenvalue weighted by Gasteiger charge is 2.05. The van der Waals surface area contributed by atoms with Gasteiger partial charge in [0.05, 0.1) is 6.54 Å². The number of anilines is 2. The SMILES string of the molecule is Cc1cnc(NCCn2[nH]c(=O)ccc2=O)nc1N(C)C. The van der Waals surface area contributed by atoms with Gasteiger partial charge in [-0.15, -0.1) is 0 Å². The van der Waals surface area contributed by atoms with Crippen molar-refractivity contribution in [2.75, 3.05) is 30.9 Å². The number of hydrogen-bond acceptors (Lipinski definition) is 6. The molecule has 2 aromatic heterocycles. The summed E-state index contributed by atoms with van der Waals surface area (Å²) in [5.41, 5.74) is 0.417. The van der Waals surface area contributed by atoms with Gasteiger partial charge in [0.1, 0.15) is 5.82 Å². The number of nitrogens with one attached hydrogen (secondary N) is 2. The number of aromatic nitrogens is 4. The number of rotatable bonds is 5.